The number of aromatic nitrogens is 2. The van der Waals surface area contributed by atoms with Crippen LogP contribution < -0.4 is 0 Å². The van der Waals surface area contributed by atoms with E-state index in [0.717, 1.165) is 26.9 Å². The Hall–Kier alpha value is -2.53. The fourth-order valence-corrected chi connectivity index (χ4v) is 6.10. The minimum atomic E-state index is 0.289. The molecule has 0 radical (unpaired) electrons. The van der Waals surface area contributed by atoms with Gasteiger partial charge in [0, 0.05) is 35.8 Å². The van der Waals surface area contributed by atoms with Crippen molar-refractivity contribution in [3.63, 3.8) is 0 Å². The molecule has 0 fully saturated rings. The molecule has 0 aliphatic heterocycles. The monoisotopic (exact) mass is 402 g/mol. The van der Waals surface area contributed by atoms with E-state index in [4.69, 9.17) is 11.6 Å². The smallest absolute Gasteiger partial charge is 0.216 e. The molecule has 0 bridgehead atoms. The third kappa shape index (κ3) is 2.31. The summed E-state index contributed by atoms with van der Waals surface area (Å²) >= 11 is 9.83. The second-order valence-electron chi connectivity index (χ2n) is 6.43. The van der Waals surface area contributed by atoms with Crippen LogP contribution in [0.5, 0.6) is 0 Å². The first-order valence-corrected chi connectivity index (χ1v) is 10.6. The van der Waals surface area contributed by atoms with Gasteiger partial charge in [0.15, 0.2) is 0 Å². The van der Waals surface area contributed by atoms with Gasteiger partial charge in [0.2, 0.25) is 5.28 Å². The number of hydrogen-bond donors (Lipinski definition) is 0. The molecular weight excluding hydrogens is 392 g/mol. The zero-order valence-electron chi connectivity index (χ0n) is 13.9. The van der Waals surface area contributed by atoms with Crippen LogP contribution in [-0.4, -0.2) is 9.97 Å². The lowest BCUT2D eigenvalue weighted by atomic mass is 10.1. The van der Waals surface area contributed by atoms with E-state index in [-0.39, 0.29) is 5.28 Å². The predicted octanol–water partition coefficient (Wildman–Crippen LogP) is 7.53. The molecular formula is C22H11ClN2S2. The van der Waals surface area contributed by atoms with E-state index in [1.54, 1.807) is 11.3 Å². The van der Waals surface area contributed by atoms with E-state index in [0.29, 0.717) is 0 Å². The summed E-state index contributed by atoms with van der Waals surface area (Å²) in [6, 6.07) is 23.4. The lowest BCUT2D eigenvalue weighted by molar-refractivity contribution is 1.24. The summed E-state index contributed by atoms with van der Waals surface area (Å²) in [5, 5.41) is 4.01. The van der Waals surface area contributed by atoms with Crippen molar-refractivity contribution < 1.29 is 0 Å². The summed E-state index contributed by atoms with van der Waals surface area (Å²) in [7, 11) is 0. The van der Waals surface area contributed by atoms with Gasteiger partial charge in [-0.05, 0) is 29.8 Å². The summed E-state index contributed by atoms with van der Waals surface area (Å²) < 4.78 is 4.85. The number of rotatable bonds is 1. The van der Waals surface area contributed by atoms with Gasteiger partial charge in [0.05, 0.1) is 15.9 Å². The number of thiophene rings is 2. The number of hydrogen-bond acceptors (Lipinski definition) is 4. The molecule has 0 aliphatic carbocycles. The topological polar surface area (TPSA) is 25.8 Å². The van der Waals surface area contributed by atoms with Crippen LogP contribution in [0.1, 0.15) is 0 Å². The van der Waals surface area contributed by atoms with Gasteiger partial charge in [-0.1, -0.05) is 48.5 Å². The lowest BCUT2D eigenvalue weighted by Gasteiger charge is -2.04. The van der Waals surface area contributed by atoms with Crippen LogP contribution in [0.15, 0.2) is 66.7 Å². The van der Waals surface area contributed by atoms with Crippen molar-refractivity contribution in [1.82, 2.24) is 9.97 Å². The molecule has 0 aliphatic rings. The normalized spacial score (nSPS) is 11.9. The molecule has 0 amide bonds. The number of benzene rings is 3. The molecule has 3 heterocycles. The minimum Gasteiger partial charge on any atom is -0.216 e. The Morgan fingerprint density at radius 2 is 1.37 bits per heavy atom. The van der Waals surface area contributed by atoms with E-state index in [1.165, 1.54) is 24.9 Å². The predicted molar refractivity (Wildman–Crippen MR) is 118 cm³/mol. The first-order chi connectivity index (χ1) is 13.3. The first-order valence-electron chi connectivity index (χ1n) is 8.54. The van der Waals surface area contributed by atoms with Crippen molar-refractivity contribution in [2.24, 2.45) is 0 Å². The highest BCUT2D eigenvalue weighted by atomic mass is 35.5. The molecule has 2 nitrogen and oxygen atoms in total. The van der Waals surface area contributed by atoms with E-state index < -0.39 is 0 Å². The van der Waals surface area contributed by atoms with Gasteiger partial charge in [-0.15, -0.1) is 22.7 Å². The fourth-order valence-electron chi connectivity index (χ4n) is 3.63. The van der Waals surface area contributed by atoms with Crippen molar-refractivity contribution in [3.8, 4) is 11.3 Å². The Bertz CT molecular complexity index is 1500. The Kier molecular flexibility index (Phi) is 3.29. The zero-order valence-corrected chi connectivity index (χ0v) is 16.3. The second-order valence-corrected chi connectivity index (χ2v) is 8.90. The van der Waals surface area contributed by atoms with E-state index in [9.17, 15) is 0 Å². The Morgan fingerprint density at radius 3 is 2.22 bits per heavy atom. The fraction of sp³-hybridized carbons (Fsp3) is 0. The van der Waals surface area contributed by atoms with Crippen LogP contribution in [0.2, 0.25) is 5.28 Å². The van der Waals surface area contributed by atoms with Crippen molar-refractivity contribution in [1.29, 1.82) is 0 Å². The maximum absolute atomic E-state index is 6.30. The average molecular weight is 403 g/mol. The quantitative estimate of drug-likeness (QED) is 0.265. The highest BCUT2D eigenvalue weighted by Gasteiger charge is 2.15. The molecule has 0 unspecified atom stereocenters. The molecule has 6 rings (SSSR count). The van der Waals surface area contributed by atoms with Gasteiger partial charge in [0.1, 0.15) is 0 Å². The highest BCUT2D eigenvalue weighted by molar-refractivity contribution is 7.26. The van der Waals surface area contributed by atoms with E-state index in [2.05, 4.69) is 70.6 Å². The van der Waals surface area contributed by atoms with Gasteiger partial charge in [-0.25, -0.2) is 9.97 Å². The van der Waals surface area contributed by atoms with Crippen LogP contribution >= 0.6 is 34.3 Å². The molecule has 0 atom stereocenters. The summed E-state index contributed by atoms with van der Waals surface area (Å²) in [6.07, 6.45) is 0. The standard InChI is InChI=1S/C22H11ClN2S2/c23-22-24-19(21-20(25-22)15-6-2-4-8-17(15)27-21)12-9-10-14-13-5-1-3-7-16(13)26-18(14)11-12/h1-11H. The second kappa shape index (κ2) is 5.73. The molecule has 5 heteroatoms. The SMILES string of the molecule is Clc1nc(-c2ccc3c(c2)sc2ccccc23)c2sc3ccccc3c2n1. The van der Waals surface area contributed by atoms with Crippen molar-refractivity contribution in [2.75, 3.05) is 0 Å². The largest absolute Gasteiger partial charge is 0.223 e. The Balaban J connectivity index is 1.68. The maximum atomic E-state index is 6.30. The minimum absolute atomic E-state index is 0.289. The van der Waals surface area contributed by atoms with Crippen LogP contribution in [0.4, 0.5) is 0 Å². The van der Waals surface area contributed by atoms with E-state index in [1.807, 2.05) is 17.4 Å². The lowest BCUT2D eigenvalue weighted by Crippen LogP contribution is -1.88. The van der Waals surface area contributed by atoms with Gasteiger partial charge in [-0.3, -0.25) is 0 Å². The van der Waals surface area contributed by atoms with Gasteiger partial charge in [-0.2, -0.15) is 0 Å². The molecule has 128 valence electrons. The van der Waals surface area contributed by atoms with Crippen LogP contribution in [0, 0.1) is 0 Å². The molecule has 3 aromatic carbocycles. The van der Waals surface area contributed by atoms with Crippen LogP contribution in [-0.2, 0) is 0 Å². The van der Waals surface area contributed by atoms with E-state index >= 15 is 0 Å². The molecule has 0 N–H and O–H groups in total. The summed E-state index contributed by atoms with van der Waals surface area (Å²) in [6.45, 7) is 0. The zero-order chi connectivity index (χ0) is 18.0. The van der Waals surface area contributed by atoms with Crippen molar-refractivity contribution >= 4 is 74.7 Å². The summed E-state index contributed by atoms with van der Waals surface area (Å²) in [5.41, 5.74) is 2.92. The number of nitrogens with zero attached hydrogens (tertiary/aromatic N) is 2. The molecule has 6 aromatic rings. The molecule has 27 heavy (non-hydrogen) atoms. The number of halogens is 1. The highest BCUT2D eigenvalue weighted by Crippen LogP contribution is 2.41. The molecule has 0 spiro atoms. The van der Waals surface area contributed by atoms with Gasteiger partial charge >= 0.3 is 0 Å². The maximum Gasteiger partial charge on any atom is 0.223 e. The Morgan fingerprint density at radius 1 is 0.667 bits per heavy atom. The average Bonchev–Trinajstić information content (AvgIpc) is 3.25. The molecule has 0 saturated heterocycles. The third-order valence-corrected chi connectivity index (χ3v) is 7.31. The molecule has 0 saturated carbocycles. The van der Waals surface area contributed by atoms with Crippen LogP contribution in [0.3, 0.4) is 0 Å². The third-order valence-electron chi connectivity index (χ3n) is 4.84. The summed E-state index contributed by atoms with van der Waals surface area (Å²) in [5.74, 6) is 0. The first kappa shape index (κ1) is 15.5. The van der Waals surface area contributed by atoms with Crippen LogP contribution in [0.25, 0.3) is 51.7 Å². The van der Waals surface area contributed by atoms with Crippen molar-refractivity contribution in [2.45, 2.75) is 0 Å². The number of fused-ring (bicyclic) bond motifs is 6. The Labute approximate surface area is 167 Å². The van der Waals surface area contributed by atoms with Gasteiger partial charge in [0.25, 0.3) is 0 Å². The van der Waals surface area contributed by atoms with Crippen molar-refractivity contribution in [3.05, 3.63) is 72.0 Å². The molecule has 3 aromatic heterocycles. The summed E-state index contributed by atoms with van der Waals surface area (Å²) in [4.78, 5) is 9.11. The van der Waals surface area contributed by atoms with Gasteiger partial charge < -0.3 is 0 Å².